The zero-order chi connectivity index (χ0) is 38.4. The van der Waals surface area contributed by atoms with Gasteiger partial charge in [-0.05, 0) is 42.4 Å². The van der Waals surface area contributed by atoms with Crippen LogP contribution in [0.2, 0.25) is 0 Å². The highest BCUT2D eigenvalue weighted by Gasteiger charge is 2.36. The molecule has 6 unspecified atom stereocenters. The van der Waals surface area contributed by atoms with Crippen molar-refractivity contribution in [1.82, 2.24) is 20.5 Å². The largest absolute Gasteiger partial charge is 0.469 e. The number of hydrogen-bond acceptors (Lipinski definition) is 9. The lowest BCUT2D eigenvalue weighted by atomic mass is 9.93. The van der Waals surface area contributed by atoms with Gasteiger partial charge in [0.2, 0.25) is 5.91 Å². The molecule has 2 aromatic carbocycles. The van der Waals surface area contributed by atoms with Crippen LogP contribution in [0.3, 0.4) is 0 Å². The van der Waals surface area contributed by atoms with E-state index in [1.54, 1.807) is 36.4 Å². The first-order chi connectivity index (χ1) is 24.7. The molecule has 13 heteroatoms. The number of anilines is 1. The van der Waals surface area contributed by atoms with Gasteiger partial charge in [0, 0.05) is 43.5 Å². The van der Waals surface area contributed by atoms with E-state index in [-0.39, 0.29) is 41.9 Å². The molecule has 3 rings (SSSR count). The van der Waals surface area contributed by atoms with Crippen LogP contribution in [0, 0.1) is 17.8 Å². The van der Waals surface area contributed by atoms with Gasteiger partial charge in [-0.1, -0.05) is 89.6 Å². The van der Waals surface area contributed by atoms with Gasteiger partial charge in [-0.3, -0.25) is 19.2 Å². The Balaban J connectivity index is 1.80. The Morgan fingerprint density at radius 1 is 0.904 bits per heavy atom. The summed E-state index contributed by atoms with van der Waals surface area (Å²) >= 11 is 1.19. The second-order valence-corrected chi connectivity index (χ2v) is 14.4. The quantitative estimate of drug-likeness (QED) is 0.127. The lowest BCUT2D eigenvalue weighted by Crippen LogP contribution is -2.55. The van der Waals surface area contributed by atoms with Crippen molar-refractivity contribution in [2.24, 2.45) is 17.8 Å². The fraction of sp³-hybridized carbons (Fsp3) is 0.487. The number of aromatic nitrogens is 1. The molecule has 0 bridgehead atoms. The number of carbonyl (C=O) groups excluding carboxylic acids is 5. The van der Waals surface area contributed by atoms with Crippen LogP contribution in [0.5, 0.6) is 0 Å². The summed E-state index contributed by atoms with van der Waals surface area (Å²) in [5.41, 5.74) is 1.75. The minimum atomic E-state index is -0.845. The summed E-state index contributed by atoms with van der Waals surface area (Å²) in [6.45, 7) is 10.9. The molecule has 0 spiro atoms. The van der Waals surface area contributed by atoms with Crippen LogP contribution >= 0.6 is 11.3 Å². The van der Waals surface area contributed by atoms with Gasteiger partial charge >= 0.3 is 18.0 Å². The van der Waals surface area contributed by atoms with E-state index < -0.39 is 42.0 Å². The van der Waals surface area contributed by atoms with Gasteiger partial charge in [0.25, 0.3) is 5.91 Å². The van der Waals surface area contributed by atoms with Crippen molar-refractivity contribution in [2.75, 3.05) is 19.5 Å². The molecule has 0 aliphatic heterocycles. The number of likely N-dealkylation sites (N-methyl/N-ethyl adjacent to an activating group) is 1. The summed E-state index contributed by atoms with van der Waals surface area (Å²) in [5, 5.41) is 10.7. The summed E-state index contributed by atoms with van der Waals surface area (Å²) in [6, 6.07) is 16.5. The van der Waals surface area contributed by atoms with Crippen molar-refractivity contribution in [3.05, 3.63) is 82.3 Å². The highest BCUT2D eigenvalue weighted by Crippen LogP contribution is 2.31. The molecule has 4 amide bonds. The number of benzene rings is 2. The van der Waals surface area contributed by atoms with Crippen LogP contribution < -0.4 is 16.0 Å². The maximum Gasteiger partial charge on any atom is 0.319 e. The predicted molar refractivity (Wildman–Crippen MR) is 202 cm³/mol. The normalized spacial score (nSPS) is 14.6. The third-order valence-corrected chi connectivity index (χ3v) is 10.0. The SMILES string of the molecule is CCC(C)C(NC(=O)Nc1ccccc1)C(=O)N(C)C(CC(OC(C)=O)c1nc(C(=O)NC(Cc2ccccc2)CC(C)C(=O)OC)cs1)C(C)C. The fourth-order valence-corrected chi connectivity index (χ4v) is 6.85. The summed E-state index contributed by atoms with van der Waals surface area (Å²) < 4.78 is 10.7. The molecule has 0 fully saturated rings. The zero-order valence-corrected chi connectivity index (χ0v) is 32.2. The van der Waals surface area contributed by atoms with Crippen LogP contribution in [-0.2, 0) is 30.3 Å². The Labute approximate surface area is 311 Å². The van der Waals surface area contributed by atoms with Gasteiger partial charge in [0.15, 0.2) is 6.10 Å². The summed E-state index contributed by atoms with van der Waals surface area (Å²) in [6.07, 6.45) is 0.873. The number of thiazole rings is 1. The lowest BCUT2D eigenvalue weighted by Gasteiger charge is -2.36. The standard InChI is InChI=1S/C39H53N5O7S/c1-9-25(4)34(43-39(49)41-29-18-14-11-15-19-29)37(47)44(7)32(24(2)3)22-33(51-27(6)45)36-42-31(23-52-36)35(46)40-30(20-26(5)38(48)50-8)21-28-16-12-10-13-17-28/h10-19,23-26,30,32-34H,9,20-22H2,1-8H3,(H,40,46)(H2,41,43,49). The second kappa shape index (κ2) is 20.3. The third kappa shape index (κ3) is 12.5. The number of ether oxygens (including phenoxy) is 2. The molecule has 282 valence electrons. The number of esters is 2. The van der Waals surface area contributed by atoms with Crippen LogP contribution in [-0.4, -0.2) is 72.0 Å². The minimum Gasteiger partial charge on any atom is -0.469 e. The number of rotatable bonds is 18. The first-order valence-corrected chi connectivity index (χ1v) is 18.6. The second-order valence-electron chi connectivity index (χ2n) is 13.5. The summed E-state index contributed by atoms with van der Waals surface area (Å²) in [5.74, 6) is -2.28. The molecule has 0 saturated heterocycles. The van der Waals surface area contributed by atoms with Crippen molar-refractivity contribution in [2.45, 2.75) is 91.5 Å². The van der Waals surface area contributed by atoms with Gasteiger partial charge in [0.1, 0.15) is 16.7 Å². The molecule has 52 heavy (non-hydrogen) atoms. The van der Waals surface area contributed by atoms with Crippen molar-refractivity contribution in [3.8, 4) is 0 Å². The monoisotopic (exact) mass is 735 g/mol. The molecular weight excluding hydrogens is 683 g/mol. The van der Waals surface area contributed by atoms with E-state index in [0.29, 0.717) is 30.0 Å². The maximum atomic E-state index is 14.1. The number of para-hydroxylation sites is 1. The minimum absolute atomic E-state index is 0.0685. The Morgan fingerprint density at radius 2 is 1.54 bits per heavy atom. The number of nitrogens with one attached hydrogen (secondary N) is 3. The molecular formula is C39H53N5O7S. The molecule has 1 aromatic heterocycles. The summed E-state index contributed by atoms with van der Waals surface area (Å²) in [4.78, 5) is 71.3. The molecule has 0 saturated carbocycles. The molecule has 1 heterocycles. The Bertz CT molecular complexity index is 1620. The molecule has 0 radical (unpaired) electrons. The molecule has 6 atom stereocenters. The van der Waals surface area contributed by atoms with E-state index in [0.717, 1.165) is 5.56 Å². The van der Waals surface area contributed by atoms with Gasteiger partial charge < -0.3 is 30.3 Å². The van der Waals surface area contributed by atoms with Crippen LogP contribution in [0.25, 0.3) is 0 Å². The highest BCUT2D eigenvalue weighted by atomic mass is 32.1. The molecule has 3 N–H and O–H groups in total. The first kappa shape index (κ1) is 41.6. The van der Waals surface area contributed by atoms with E-state index >= 15 is 0 Å². The van der Waals surface area contributed by atoms with Crippen LogP contribution in [0.15, 0.2) is 66.0 Å². The van der Waals surface area contributed by atoms with E-state index in [4.69, 9.17) is 9.47 Å². The summed E-state index contributed by atoms with van der Waals surface area (Å²) in [7, 11) is 3.02. The van der Waals surface area contributed by atoms with Gasteiger partial charge in [-0.15, -0.1) is 11.3 Å². The maximum absolute atomic E-state index is 14.1. The van der Waals surface area contributed by atoms with Crippen LogP contribution in [0.1, 0.15) is 88.0 Å². The number of methoxy groups -OCH3 is 1. The topological polar surface area (TPSA) is 156 Å². The number of urea groups is 1. The van der Waals surface area contributed by atoms with Gasteiger partial charge in [-0.25, -0.2) is 9.78 Å². The molecule has 12 nitrogen and oxygen atoms in total. The van der Waals surface area contributed by atoms with E-state index in [9.17, 15) is 24.0 Å². The van der Waals surface area contributed by atoms with Crippen LogP contribution in [0.4, 0.5) is 10.5 Å². The fourth-order valence-electron chi connectivity index (χ4n) is 6.01. The van der Waals surface area contributed by atoms with Crippen molar-refractivity contribution < 1.29 is 33.4 Å². The first-order valence-electron chi connectivity index (χ1n) is 17.7. The highest BCUT2D eigenvalue weighted by molar-refractivity contribution is 7.09. The Morgan fingerprint density at radius 3 is 2.12 bits per heavy atom. The van der Waals surface area contributed by atoms with E-state index in [1.807, 2.05) is 76.2 Å². The van der Waals surface area contributed by atoms with E-state index in [1.165, 1.54) is 25.4 Å². The average molecular weight is 736 g/mol. The van der Waals surface area contributed by atoms with Crippen molar-refractivity contribution >= 4 is 46.8 Å². The average Bonchev–Trinajstić information content (AvgIpc) is 3.62. The smallest absolute Gasteiger partial charge is 0.319 e. The van der Waals surface area contributed by atoms with Crippen molar-refractivity contribution in [1.29, 1.82) is 0 Å². The van der Waals surface area contributed by atoms with E-state index in [2.05, 4.69) is 20.9 Å². The number of amides is 4. The Kier molecular flexibility index (Phi) is 16.3. The van der Waals surface area contributed by atoms with Gasteiger partial charge in [-0.2, -0.15) is 0 Å². The molecule has 0 aliphatic rings. The number of hydrogen-bond donors (Lipinski definition) is 3. The molecule has 3 aromatic rings. The lowest BCUT2D eigenvalue weighted by molar-refractivity contribution is -0.149. The third-order valence-electron chi connectivity index (χ3n) is 9.11. The Hall–Kier alpha value is -4.78. The predicted octanol–water partition coefficient (Wildman–Crippen LogP) is 6.40. The zero-order valence-electron chi connectivity index (χ0n) is 31.4. The molecule has 0 aliphatic carbocycles. The number of nitrogens with zero attached hydrogens (tertiary/aromatic N) is 2. The van der Waals surface area contributed by atoms with Gasteiger partial charge in [0.05, 0.1) is 13.0 Å². The van der Waals surface area contributed by atoms with Crippen molar-refractivity contribution in [3.63, 3.8) is 0 Å². The number of carbonyl (C=O) groups is 5.